The van der Waals surface area contributed by atoms with Gasteiger partial charge in [-0.15, -0.1) is 0 Å². The van der Waals surface area contributed by atoms with Crippen LogP contribution in [0.5, 0.6) is 0 Å². The lowest BCUT2D eigenvalue weighted by Crippen LogP contribution is -1.88. The van der Waals surface area contributed by atoms with Crippen molar-refractivity contribution in [3.05, 3.63) is 0 Å². The van der Waals surface area contributed by atoms with E-state index in [-0.39, 0.29) is 8.15 Å². The average Bonchev–Trinajstić information content (AvgIpc) is 1.85. The SMILES string of the molecule is CCCOP(C)CCC. The van der Waals surface area contributed by atoms with Crippen LogP contribution in [0.15, 0.2) is 0 Å². The maximum atomic E-state index is 5.50. The second kappa shape index (κ2) is 6.51. The molecule has 0 radical (unpaired) electrons. The molecule has 0 rings (SSSR count). The van der Waals surface area contributed by atoms with Gasteiger partial charge in [-0.2, -0.15) is 0 Å². The minimum Gasteiger partial charge on any atom is -0.360 e. The zero-order valence-electron chi connectivity index (χ0n) is 6.68. The quantitative estimate of drug-likeness (QED) is 0.545. The Morgan fingerprint density at radius 1 is 1.22 bits per heavy atom. The van der Waals surface area contributed by atoms with Crippen LogP contribution in [-0.4, -0.2) is 19.4 Å². The minimum atomic E-state index is -0.0865. The molecule has 0 aromatic heterocycles. The molecule has 1 nitrogen and oxygen atoms in total. The van der Waals surface area contributed by atoms with Gasteiger partial charge in [0.05, 0.1) is 6.61 Å². The highest BCUT2D eigenvalue weighted by Crippen LogP contribution is 2.32. The van der Waals surface area contributed by atoms with Crippen molar-refractivity contribution in [1.29, 1.82) is 0 Å². The molecule has 0 saturated carbocycles. The molecule has 1 atom stereocenters. The summed E-state index contributed by atoms with van der Waals surface area (Å²) in [6, 6.07) is 0. The molecular formula is C7H17OP. The van der Waals surface area contributed by atoms with Crippen molar-refractivity contribution in [3.63, 3.8) is 0 Å². The predicted molar refractivity (Wildman–Crippen MR) is 44.2 cm³/mol. The molecule has 0 aliphatic rings. The molecule has 0 aromatic rings. The van der Waals surface area contributed by atoms with Gasteiger partial charge in [-0.05, 0) is 19.2 Å². The van der Waals surface area contributed by atoms with Crippen LogP contribution in [0.25, 0.3) is 0 Å². The Morgan fingerprint density at radius 2 is 1.89 bits per heavy atom. The van der Waals surface area contributed by atoms with Gasteiger partial charge < -0.3 is 4.52 Å². The van der Waals surface area contributed by atoms with Gasteiger partial charge in [-0.3, -0.25) is 0 Å². The van der Waals surface area contributed by atoms with Gasteiger partial charge in [0.25, 0.3) is 0 Å². The Morgan fingerprint density at radius 3 is 2.33 bits per heavy atom. The van der Waals surface area contributed by atoms with Crippen LogP contribution >= 0.6 is 8.15 Å². The van der Waals surface area contributed by atoms with E-state index in [1.54, 1.807) is 0 Å². The third-order valence-electron chi connectivity index (χ3n) is 1.05. The fourth-order valence-corrected chi connectivity index (χ4v) is 1.88. The fraction of sp³-hybridized carbons (Fsp3) is 1.00. The molecule has 0 bridgehead atoms. The summed E-state index contributed by atoms with van der Waals surface area (Å²) in [5.74, 6) is 0. The third-order valence-corrected chi connectivity index (χ3v) is 2.75. The Bertz CT molecular complexity index is 56.9. The molecule has 0 aromatic carbocycles. The molecule has 0 N–H and O–H groups in total. The molecule has 56 valence electrons. The van der Waals surface area contributed by atoms with E-state index >= 15 is 0 Å². The summed E-state index contributed by atoms with van der Waals surface area (Å²) in [7, 11) is -0.0865. The summed E-state index contributed by atoms with van der Waals surface area (Å²) < 4.78 is 5.50. The van der Waals surface area contributed by atoms with Crippen LogP contribution in [0.1, 0.15) is 26.7 Å². The molecule has 2 heteroatoms. The van der Waals surface area contributed by atoms with Crippen molar-refractivity contribution in [2.75, 3.05) is 19.4 Å². The fourth-order valence-electron chi connectivity index (χ4n) is 0.627. The van der Waals surface area contributed by atoms with Crippen LogP contribution in [0, 0.1) is 0 Å². The lowest BCUT2D eigenvalue weighted by Gasteiger charge is -2.09. The van der Waals surface area contributed by atoms with Gasteiger partial charge in [-0.25, -0.2) is 0 Å². The van der Waals surface area contributed by atoms with Crippen molar-refractivity contribution < 1.29 is 4.52 Å². The summed E-state index contributed by atoms with van der Waals surface area (Å²) >= 11 is 0. The Hall–Kier alpha value is 0.390. The van der Waals surface area contributed by atoms with Crippen molar-refractivity contribution in [3.8, 4) is 0 Å². The molecule has 0 saturated heterocycles. The molecule has 0 spiro atoms. The highest BCUT2D eigenvalue weighted by Gasteiger charge is 1.96. The normalized spacial score (nSPS) is 13.7. The van der Waals surface area contributed by atoms with E-state index in [9.17, 15) is 0 Å². The second-order valence-corrected chi connectivity index (χ2v) is 4.15. The van der Waals surface area contributed by atoms with Gasteiger partial charge >= 0.3 is 0 Å². The molecule has 0 heterocycles. The lowest BCUT2D eigenvalue weighted by atomic mass is 10.5. The van der Waals surface area contributed by atoms with E-state index in [4.69, 9.17) is 4.52 Å². The maximum absolute atomic E-state index is 5.50. The predicted octanol–water partition coefficient (Wildman–Crippen LogP) is 2.85. The largest absolute Gasteiger partial charge is 0.360 e. The van der Waals surface area contributed by atoms with Gasteiger partial charge in [-0.1, -0.05) is 20.3 Å². The number of hydrogen-bond donors (Lipinski definition) is 0. The van der Waals surface area contributed by atoms with E-state index in [0.29, 0.717) is 0 Å². The summed E-state index contributed by atoms with van der Waals surface area (Å²) in [6.45, 7) is 7.50. The highest BCUT2D eigenvalue weighted by molar-refractivity contribution is 7.51. The second-order valence-electron chi connectivity index (χ2n) is 2.18. The third kappa shape index (κ3) is 6.27. The van der Waals surface area contributed by atoms with E-state index in [2.05, 4.69) is 20.5 Å². The summed E-state index contributed by atoms with van der Waals surface area (Å²) in [5.41, 5.74) is 0. The van der Waals surface area contributed by atoms with Crippen molar-refractivity contribution in [2.24, 2.45) is 0 Å². The van der Waals surface area contributed by atoms with Crippen molar-refractivity contribution in [1.82, 2.24) is 0 Å². The number of hydrogen-bond acceptors (Lipinski definition) is 1. The van der Waals surface area contributed by atoms with Crippen LogP contribution in [0.3, 0.4) is 0 Å². The van der Waals surface area contributed by atoms with Gasteiger partial charge in [0.1, 0.15) is 0 Å². The first-order valence-corrected chi connectivity index (χ1v) is 5.54. The van der Waals surface area contributed by atoms with Crippen LogP contribution in [0.4, 0.5) is 0 Å². The Labute approximate surface area is 59.6 Å². The van der Waals surface area contributed by atoms with E-state index in [0.717, 1.165) is 13.0 Å². The van der Waals surface area contributed by atoms with Crippen LogP contribution in [0.2, 0.25) is 0 Å². The summed E-state index contributed by atoms with van der Waals surface area (Å²) in [4.78, 5) is 0. The Balaban J connectivity index is 2.95. The van der Waals surface area contributed by atoms with Gasteiger partial charge in [0, 0.05) is 8.15 Å². The Kier molecular flexibility index (Phi) is 6.79. The van der Waals surface area contributed by atoms with E-state index < -0.39 is 0 Å². The lowest BCUT2D eigenvalue weighted by molar-refractivity contribution is 0.353. The van der Waals surface area contributed by atoms with Crippen LogP contribution in [-0.2, 0) is 4.52 Å². The van der Waals surface area contributed by atoms with Gasteiger partial charge in [0.15, 0.2) is 0 Å². The smallest absolute Gasteiger partial charge is 0.0506 e. The molecule has 0 aliphatic carbocycles. The monoisotopic (exact) mass is 148 g/mol. The maximum Gasteiger partial charge on any atom is 0.0506 e. The first-order valence-electron chi connectivity index (χ1n) is 3.65. The molecule has 9 heavy (non-hydrogen) atoms. The summed E-state index contributed by atoms with van der Waals surface area (Å²) in [5, 5.41) is 0. The topological polar surface area (TPSA) is 9.23 Å². The molecule has 1 unspecified atom stereocenters. The summed E-state index contributed by atoms with van der Waals surface area (Å²) in [6.07, 6.45) is 3.66. The zero-order chi connectivity index (χ0) is 7.11. The standard InChI is InChI=1S/C7H17OP/c1-4-6-8-9(3)7-5-2/h4-7H2,1-3H3. The number of rotatable bonds is 5. The minimum absolute atomic E-state index is 0.0865. The van der Waals surface area contributed by atoms with Crippen molar-refractivity contribution >= 4 is 8.15 Å². The first-order chi connectivity index (χ1) is 4.31. The molecule has 0 fully saturated rings. The van der Waals surface area contributed by atoms with Crippen LogP contribution < -0.4 is 0 Å². The first kappa shape index (κ1) is 9.39. The van der Waals surface area contributed by atoms with E-state index in [1.807, 2.05) is 0 Å². The zero-order valence-corrected chi connectivity index (χ0v) is 7.58. The molecule has 0 aliphatic heterocycles. The molecule has 0 amide bonds. The average molecular weight is 148 g/mol. The van der Waals surface area contributed by atoms with Gasteiger partial charge in [0.2, 0.25) is 0 Å². The molecular weight excluding hydrogens is 131 g/mol. The highest BCUT2D eigenvalue weighted by atomic mass is 31.1. The van der Waals surface area contributed by atoms with Crippen molar-refractivity contribution in [2.45, 2.75) is 26.7 Å². The van der Waals surface area contributed by atoms with E-state index in [1.165, 1.54) is 12.6 Å².